The molecule has 0 unspecified atom stereocenters. The molecule has 2 rings (SSSR count). The van der Waals surface area contributed by atoms with Crippen molar-refractivity contribution in [2.45, 2.75) is 19.8 Å². The standard InChI is InChI=1S/C15H17NO4/c1-9-3-4-11(7-12(9)15(19)20-2)14(18)16-8-13(17)10-5-6-10/h3-4,7,10H,5-6,8H2,1-2H3,(H,16,18). The van der Waals surface area contributed by atoms with Gasteiger partial charge in [0.1, 0.15) is 0 Å². The summed E-state index contributed by atoms with van der Waals surface area (Å²) in [4.78, 5) is 35.0. The normalized spacial score (nSPS) is 13.7. The van der Waals surface area contributed by atoms with Crippen molar-refractivity contribution in [2.75, 3.05) is 13.7 Å². The van der Waals surface area contributed by atoms with Gasteiger partial charge in [0.25, 0.3) is 5.91 Å². The van der Waals surface area contributed by atoms with Crippen molar-refractivity contribution in [3.05, 3.63) is 34.9 Å². The van der Waals surface area contributed by atoms with Crippen LogP contribution in [0.1, 0.15) is 39.1 Å². The van der Waals surface area contributed by atoms with Gasteiger partial charge in [-0.3, -0.25) is 9.59 Å². The first kappa shape index (κ1) is 14.2. The van der Waals surface area contributed by atoms with Gasteiger partial charge in [-0.05, 0) is 37.5 Å². The number of ether oxygens (including phenoxy) is 1. The first-order chi connectivity index (χ1) is 9.52. The Labute approximate surface area is 117 Å². The number of rotatable bonds is 5. The van der Waals surface area contributed by atoms with E-state index < -0.39 is 5.97 Å². The Kier molecular flexibility index (Phi) is 4.17. The maximum Gasteiger partial charge on any atom is 0.338 e. The van der Waals surface area contributed by atoms with E-state index in [0.717, 1.165) is 18.4 Å². The number of Topliss-reactive ketones (excluding diaryl/α,β-unsaturated/α-hetero) is 1. The molecule has 1 amide bonds. The van der Waals surface area contributed by atoms with E-state index in [0.29, 0.717) is 11.1 Å². The van der Waals surface area contributed by atoms with Gasteiger partial charge in [-0.1, -0.05) is 6.07 Å². The molecule has 1 aliphatic rings. The molecule has 106 valence electrons. The third-order valence-corrected chi connectivity index (χ3v) is 3.36. The van der Waals surface area contributed by atoms with Gasteiger partial charge in [0.2, 0.25) is 0 Å². The molecule has 0 bridgehead atoms. The Bertz CT molecular complexity index is 561. The molecule has 1 aromatic carbocycles. The molecule has 1 aromatic rings. The quantitative estimate of drug-likeness (QED) is 0.826. The fraction of sp³-hybridized carbons (Fsp3) is 0.400. The van der Waals surface area contributed by atoms with E-state index in [-0.39, 0.29) is 24.2 Å². The van der Waals surface area contributed by atoms with E-state index in [1.54, 1.807) is 19.1 Å². The molecule has 0 spiro atoms. The van der Waals surface area contributed by atoms with E-state index in [2.05, 4.69) is 10.1 Å². The fourth-order valence-corrected chi connectivity index (χ4v) is 1.91. The van der Waals surface area contributed by atoms with Crippen LogP contribution in [0, 0.1) is 12.8 Å². The molecule has 0 atom stereocenters. The van der Waals surface area contributed by atoms with E-state index in [1.807, 2.05) is 0 Å². The molecule has 0 aliphatic heterocycles. The van der Waals surface area contributed by atoms with Gasteiger partial charge in [-0.2, -0.15) is 0 Å². The summed E-state index contributed by atoms with van der Waals surface area (Å²) < 4.78 is 4.66. The lowest BCUT2D eigenvalue weighted by Gasteiger charge is -2.08. The minimum atomic E-state index is -0.480. The van der Waals surface area contributed by atoms with Crippen LogP contribution in [-0.2, 0) is 9.53 Å². The van der Waals surface area contributed by atoms with Gasteiger partial charge in [0.15, 0.2) is 5.78 Å². The van der Waals surface area contributed by atoms with Gasteiger partial charge in [0, 0.05) is 11.5 Å². The Balaban J connectivity index is 2.05. The van der Waals surface area contributed by atoms with Crippen LogP contribution in [0.5, 0.6) is 0 Å². The van der Waals surface area contributed by atoms with Crippen molar-refractivity contribution in [1.29, 1.82) is 0 Å². The highest BCUT2D eigenvalue weighted by Crippen LogP contribution is 2.29. The molecular formula is C15H17NO4. The summed E-state index contributed by atoms with van der Waals surface area (Å²) in [5, 5.41) is 2.58. The zero-order chi connectivity index (χ0) is 14.7. The Morgan fingerprint density at radius 1 is 1.30 bits per heavy atom. The lowest BCUT2D eigenvalue weighted by atomic mass is 10.0. The average Bonchev–Trinajstić information content (AvgIpc) is 3.28. The molecule has 5 heteroatoms. The van der Waals surface area contributed by atoms with E-state index in [4.69, 9.17) is 0 Å². The van der Waals surface area contributed by atoms with Crippen molar-refractivity contribution < 1.29 is 19.1 Å². The van der Waals surface area contributed by atoms with Crippen LogP contribution in [0.4, 0.5) is 0 Å². The van der Waals surface area contributed by atoms with Gasteiger partial charge < -0.3 is 10.1 Å². The molecule has 0 heterocycles. The Hall–Kier alpha value is -2.17. The van der Waals surface area contributed by atoms with Crippen LogP contribution in [0.2, 0.25) is 0 Å². The van der Waals surface area contributed by atoms with Crippen molar-refractivity contribution in [1.82, 2.24) is 5.32 Å². The lowest BCUT2D eigenvalue weighted by molar-refractivity contribution is -0.119. The van der Waals surface area contributed by atoms with Crippen LogP contribution in [-0.4, -0.2) is 31.3 Å². The summed E-state index contributed by atoms with van der Waals surface area (Å²) in [6.07, 6.45) is 1.84. The third-order valence-electron chi connectivity index (χ3n) is 3.36. The number of aryl methyl sites for hydroxylation is 1. The highest BCUT2D eigenvalue weighted by Gasteiger charge is 2.29. The topological polar surface area (TPSA) is 72.5 Å². The van der Waals surface area contributed by atoms with E-state index >= 15 is 0 Å². The lowest BCUT2D eigenvalue weighted by Crippen LogP contribution is -2.30. The SMILES string of the molecule is COC(=O)c1cc(C(=O)NCC(=O)C2CC2)ccc1C. The molecule has 5 nitrogen and oxygen atoms in total. The van der Waals surface area contributed by atoms with Gasteiger partial charge >= 0.3 is 5.97 Å². The predicted octanol–water partition coefficient (Wildman–Crippen LogP) is 1.49. The zero-order valence-corrected chi connectivity index (χ0v) is 11.6. The number of ketones is 1. The second kappa shape index (κ2) is 5.86. The molecule has 1 N–H and O–H groups in total. The maximum atomic E-state index is 12.0. The number of amides is 1. The van der Waals surface area contributed by atoms with Crippen molar-refractivity contribution in [3.8, 4) is 0 Å². The molecule has 0 radical (unpaired) electrons. The molecule has 0 saturated heterocycles. The van der Waals surface area contributed by atoms with Crippen molar-refractivity contribution in [2.24, 2.45) is 5.92 Å². The predicted molar refractivity (Wildman–Crippen MR) is 72.6 cm³/mol. The maximum absolute atomic E-state index is 12.0. The van der Waals surface area contributed by atoms with Crippen molar-refractivity contribution in [3.63, 3.8) is 0 Å². The van der Waals surface area contributed by atoms with E-state index in [1.165, 1.54) is 13.2 Å². The molecular weight excluding hydrogens is 258 g/mol. The van der Waals surface area contributed by atoms with Crippen molar-refractivity contribution >= 4 is 17.7 Å². The number of carbonyl (C=O) groups excluding carboxylic acids is 3. The monoisotopic (exact) mass is 275 g/mol. The molecule has 1 fully saturated rings. The summed E-state index contributed by atoms with van der Waals surface area (Å²) in [5.41, 5.74) is 1.44. The largest absolute Gasteiger partial charge is 0.465 e. The number of benzene rings is 1. The first-order valence-electron chi connectivity index (χ1n) is 6.53. The number of hydrogen-bond acceptors (Lipinski definition) is 4. The van der Waals surface area contributed by atoms with Gasteiger partial charge in [-0.25, -0.2) is 4.79 Å². The average molecular weight is 275 g/mol. The van der Waals surface area contributed by atoms with Gasteiger partial charge in [-0.15, -0.1) is 0 Å². The smallest absolute Gasteiger partial charge is 0.338 e. The fourth-order valence-electron chi connectivity index (χ4n) is 1.91. The van der Waals surface area contributed by atoms with E-state index in [9.17, 15) is 14.4 Å². The first-order valence-corrected chi connectivity index (χ1v) is 6.53. The Morgan fingerprint density at radius 3 is 2.60 bits per heavy atom. The minimum absolute atomic E-state index is 0.0466. The van der Waals surface area contributed by atoms with Crippen LogP contribution >= 0.6 is 0 Å². The number of hydrogen-bond donors (Lipinski definition) is 1. The summed E-state index contributed by atoms with van der Waals surface area (Å²) in [6, 6.07) is 4.79. The van der Waals surface area contributed by atoms with Crippen LogP contribution in [0.15, 0.2) is 18.2 Å². The Morgan fingerprint density at radius 2 is 2.00 bits per heavy atom. The molecule has 1 aliphatic carbocycles. The summed E-state index contributed by atoms with van der Waals surface area (Å²) in [6.45, 7) is 1.81. The number of carbonyl (C=O) groups is 3. The second-order valence-corrected chi connectivity index (χ2v) is 4.94. The number of esters is 1. The highest BCUT2D eigenvalue weighted by atomic mass is 16.5. The second-order valence-electron chi connectivity index (χ2n) is 4.94. The third kappa shape index (κ3) is 3.23. The zero-order valence-electron chi connectivity index (χ0n) is 11.6. The molecule has 20 heavy (non-hydrogen) atoms. The molecule has 0 aromatic heterocycles. The highest BCUT2D eigenvalue weighted by molar-refractivity contribution is 6.00. The van der Waals surface area contributed by atoms with Gasteiger partial charge in [0.05, 0.1) is 19.2 Å². The number of nitrogens with one attached hydrogen (secondary N) is 1. The minimum Gasteiger partial charge on any atom is -0.465 e. The molecule has 1 saturated carbocycles. The summed E-state index contributed by atoms with van der Waals surface area (Å²) >= 11 is 0. The summed E-state index contributed by atoms with van der Waals surface area (Å²) in [5.74, 6) is -0.645. The summed E-state index contributed by atoms with van der Waals surface area (Å²) in [7, 11) is 1.29. The number of methoxy groups -OCH3 is 1. The van der Waals surface area contributed by atoms with Crippen LogP contribution in [0.3, 0.4) is 0 Å². The van der Waals surface area contributed by atoms with Crippen LogP contribution < -0.4 is 5.32 Å². The van der Waals surface area contributed by atoms with Crippen LogP contribution in [0.25, 0.3) is 0 Å².